The van der Waals surface area contributed by atoms with Crippen molar-refractivity contribution in [2.45, 2.75) is 25.5 Å². The minimum Gasteiger partial charge on any atom is -0.479 e. The van der Waals surface area contributed by atoms with Crippen LogP contribution in [0.3, 0.4) is 0 Å². The molecule has 0 spiro atoms. The molecule has 0 aliphatic heterocycles. The monoisotopic (exact) mass is 190 g/mol. The van der Waals surface area contributed by atoms with Gasteiger partial charge in [0.15, 0.2) is 6.10 Å². The number of rotatable bonds is 5. The lowest BCUT2D eigenvalue weighted by Crippen LogP contribution is -2.44. The second-order valence-corrected chi connectivity index (χ2v) is 2.61. The van der Waals surface area contributed by atoms with Crippen LogP contribution < -0.4 is 11.1 Å². The summed E-state index contributed by atoms with van der Waals surface area (Å²) in [5.74, 6) is -1.83. The highest BCUT2D eigenvalue weighted by Crippen LogP contribution is 1.86. The van der Waals surface area contributed by atoms with Crippen molar-refractivity contribution in [3.05, 3.63) is 0 Å². The first kappa shape index (κ1) is 11.9. The fraction of sp³-hybridized carbons (Fsp3) is 0.714. The van der Waals surface area contributed by atoms with Gasteiger partial charge in [0.1, 0.15) is 0 Å². The molecule has 0 aromatic heterocycles. The molecule has 1 amide bonds. The molecule has 0 aliphatic rings. The van der Waals surface area contributed by atoms with Crippen LogP contribution >= 0.6 is 0 Å². The van der Waals surface area contributed by atoms with Gasteiger partial charge in [-0.05, 0) is 6.42 Å². The standard InChI is InChI=1S/C7H14N2O4/c1-2-4(8)6(11)9-3-5(10)7(12)13/h4-5,10H,2-3,8H2,1H3,(H,9,11)(H,12,13)/t4-,5?/m1/s1. The zero-order valence-electron chi connectivity index (χ0n) is 7.36. The van der Waals surface area contributed by atoms with E-state index in [0.29, 0.717) is 6.42 Å². The average molecular weight is 190 g/mol. The maximum atomic E-state index is 11.0. The highest BCUT2D eigenvalue weighted by molar-refractivity contribution is 5.82. The Morgan fingerprint density at radius 1 is 1.54 bits per heavy atom. The van der Waals surface area contributed by atoms with E-state index in [1.807, 2.05) is 0 Å². The largest absolute Gasteiger partial charge is 0.479 e. The van der Waals surface area contributed by atoms with Gasteiger partial charge in [0.25, 0.3) is 0 Å². The number of aliphatic carboxylic acids is 1. The van der Waals surface area contributed by atoms with Crippen molar-refractivity contribution >= 4 is 11.9 Å². The molecule has 0 saturated carbocycles. The number of carbonyl (C=O) groups excluding carboxylic acids is 1. The zero-order valence-corrected chi connectivity index (χ0v) is 7.36. The van der Waals surface area contributed by atoms with Gasteiger partial charge >= 0.3 is 5.97 Å². The van der Waals surface area contributed by atoms with Crippen LogP contribution in [0.25, 0.3) is 0 Å². The topological polar surface area (TPSA) is 113 Å². The Balaban J connectivity index is 3.76. The van der Waals surface area contributed by atoms with Crippen LogP contribution in [0.2, 0.25) is 0 Å². The van der Waals surface area contributed by atoms with E-state index < -0.39 is 24.0 Å². The van der Waals surface area contributed by atoms with Gasteiger partial charge in [0.2, 0.25) is 5.91 Å². The van der Waals surface area contributed by atoms with Gasteiger partial charge in [-0.2, -0.15) is 0 Å². The lowest BCUT2D eigenvalue weighted by molar-refractivity contribution is -0.146. The van der Waals surface area contributed by atoms with E-state index >= 15 is 0 Å². The molecule has 0 bridgehead atoms. The summed E-state index contributed by atoms with van der Waals surface area (Å²) in [4.78, 5) is 21.1. The van der Waals surface area contributed by atoms with Crippen LogP contribution in [0.4, 0.5) is 0 Å². The van der Waals surface area contributed by atoms with Gasteiger partial charge in [-0.3, -0.25) is 4.79 Å². The number of aliphatic hydroxyl groups excluding tert-OH is 1. The van der Waals surface area contributed by atoms with E-state index in [2.05, 4.69) is 5.32 Å². The Morgan fingerprint density at radius 3 is 2.46 bits per heavy atom. The van der Waals surface area contributed by atoms with Crippen molar-refractivity contribution in [1.82, 2.24) is 5.32 Å². The van der Waals surface area contributed by atoms with Crippen LogP contribution in [-0.4, -0.2) is 40.8 Å². The second-order valence-electron chi connectivity index (χ2n) is 2.61. The number of carbonyl (C=O) groups is 2. The first-order chi connectivity index (χ1) is 5.99. The summed E-state index contributed by atoms with van der Waals surface area (Å²) in [7, 11) is 0. The van der Waals surface area contributed by atoms with E-state index in [0.717, 1.165) is 0 Å². The van der Waals surface area contributed by atoms with Crippen LogP contribution in [0, 0.1) is 0 Å². The quantitative estimate of drug-likeness (QED) is 0.412. The molecular weight excluding hydrogens is 176 g/mol. The lowest BCUT2D eigenvalue weighted by Gasteiger charge is -2.11. The summed E-state index contributed by atoms with van der Waals surface area (Å²) in [6.07, 6.45) is -1.11. The Kier molecular flexibility index (Phi) is 5.01. The van der Waals surface area contributed by atoms with Crippen LogP contribution in [0.5, 0.6) is 0 Å². The fourth-order valence-electron chi connectivity index (χ4n) is 0.601. The highest BCUT2D eigenvalue weighted by atomic mass is 16.4. The van der Waals surface area contributed by atoms with E-state index in [9.17, 15) is 9.59 Å². The summed E-state index contributed by atoms with van der Waals surface area (Å²) >= 11 is 0. The predicted octanol–water partition coefficient (Wildman–Crippen LogP) is -1.71. The summed E-state index contributed by atoms with van der Waals surface area (Å²) in [5, 5.41) is 19.3. The number of amides is 1. The number of nitrogens with two attached hydrogens (primary N) is 1. The molecule has 0 aromatic carbocycles. The van der Waals surface area contributed by atoms with Crippen molar-refractivity contribution in [3.8, 4) is 0 Å². The van der Waals surface area contributed by atoms with Crippen molar-refractivity contribution in [2.75, 3.05) is 6.54 Å². The first-order valence-corrected chi connectivity index (χ1v) is 3.93. The molecule has 5 N–H and O–H groups in total. The molecule has 6 heteroatoms. The molecule has 0 saturated heterocycles. The van der Waals surface area contributed by atoms with Crippen LogP contribution in [0.15, 0.2) is 0 Å². The molecule has 2 atom stereocenters. The summed E-state index contributed by atoms with van der Waals surface area (Å²) in [5.41, 5.74) is 5.34. The predicted molar refractivity (Wildman–Crippen MR) is 44.9 cm³/mol. The summed E-state index contributed by atoms with van der Waals surface area (Å²) < 4.78 is 0. The molecule has 0 radical (unpaired) electrons. The van der Waals surface area contributed by atoms with Gasteiger partial charge < -0.3 is 21.3 Å². The number of aliphatic hydroxyl groups is 1. The third kappa shape index (κ3) is 4.44. The number of hydrogen-bond acceptors (Lipinski definition) is 4. The Morgan fingerprint density at radius 2 is 2.08 bits per heavy atom. The van der Waals surface area contributed by atoms with Gasteiger partial charge in [0, 0.05) is 0 Å². The summed E-state index contributed by atoms with van der Waals surface area (Å²) in [6.45, 7) is 1.42. The van der Waals surface area contributed by atoms with Crippen LogP contribution in [0.1, 0.15) is 13.3 Å². The molecule has 0 rings (SSSR count). The molecule has 0 aliphatic carbocycles. The molecule has 76 valence electrons. The van der Waals surface area contributed by atoms with E-state index in [-0.39, 0.29) is 6.54 Å². The van der Waals surface area contributed by atoms with Crippen LogP contribution in [-0.2, 0) is 9.59 Å². The molecule has 0 fully saturated rings. The summed E-state index contributed by atoms with van der Waals surface area (Å²) in [6, 6.07) is -0.652. The molecule has 13 heavy (non-hydrogen) atoms. The maximum absolute atomic E-state index is 11.0. The maximum Gasteiger partial charge on any atom is 0.334 e. The molecule has 1 unspecified atom stereocenters. The minimum absolute atomic E-state index is 0.318. The third-order valence-electron chi connectivity index (χ3n) is 1.53. The van der Waals surface area contributed by atoms with Crippen molar-refractivity contribution in [1.29, 1.82) is 0 Å². The number of carboxylic acid groups (broad SMARTS) is 1. The highest BCUT2D eigenvalue weighted by Gasteiger charge is 2.16. The van der Waals surface area contributed by atoms with E-state index in [1.165, 1.54) is 0 Å². The number of carboxylic acids is 1. The Hall–Kier alpha value is -1.14. The van der Waals surface area contributed by atoms with E-state index in [1.54, 1.807) is 6.92 Å². The molecule has 0 heterocycles. The van der Waals surface area contributed by atoms with Crippen molar-refractivity contribution in [3.63, 3.8) is 0 Å². The van der Waals surface area contributed by atoms with Gasteiger partial charge in [-0.25, -0.2) is 4.79 Å². The van der Waals surface area contributed by atoms with Gasteiger partial charge in [0.05, 0.1) is 12.6 Å². The zero-order chi connectivity index (χ0) is 10.4. The van der Waals surface area contributed by atoms with E-state index in [4.69, 9.17) is 15.9 Å². The minimum atomic E-state index is -1.58. The smallest absolute Gasteiger partial charge is 0.334 e. The number of nitrogens with one attached hydrogen (secondary N) is 1. The molecule has 0 aromatic rings. The second kappa shape index (κ2) is 5.50. The van der Waals surface area contributed by atoms with Gasteiger partial charge in [-0.15, -0.1) is 0 Å². The fourth-order valence-corrected chi connectivity index (χ4v) is 0.601. The Bertz CT molecular complexity index is 195. The SMILES string of the molecule is CC[C@@H](N)C(=O)NCC(O)C(=O)O. The lowest BCUT2D eigenvalue weighted by atomic mass is 10.2. The normalized spacial score (nSPS) is 14.7. The van der Waals surface area contributed by atoms with Crippen molar-refractivity contribution in [2.24, 2.45) is 5.73 Å². The Labute approximate surface area is 75.7 Å². The third-order valence-corrected chi connectivity index (χ3v) is 1.53. The number of hydrogen-bond donors (Lipinski definition) is 4. The van der Waals surface area contributed by atoms with Crippen molar-refractivity contribution < 1.29 is 19.8 Å². The molecular formula is C7H14N2O4. The molecule has 6 nitrogen and oxygen atoms in total. The average Bonchev–Trinajstić information content (AvgIpc) is 2.11. The first-order valence-electron chi connectivity index (χ1n) is 3.93. The van der Waals surface area contributed by atoms with Gasteiger partial charge in [-0.1, -0.05) is 6.92 Å².